The summed E-state index contributed by atoms with van der Waals surface area (Å²) in [5.41, 5.74) is 0.344. The van der Waals surface area contributed by atoms with Crippen molar-refractivity contribution in [2.45, 2.75) is 11.8 Å². The lowest BCUT2D eigenvalue weighted by atomic mass is 10.1. The third kappa shape index (κ3) is 3.23. The van der Waals surface area contributed by atoms with Crippen molar-refractivity contribution in [3.63, 3.8) is 0 Å². The number of hydrogen-bond donors (Lipinski definition) is 1. The van der Waals surface area contributed by atoms with Crippen molar-refractivity contribution in [3.8, 4) is 0 Å². The van der Waals surface area contributed by atoms with Crippen LogP contribution in [0.4, 0.5) is 0 Å². The summed E-state index contributed by atoms with van der Waals surface area (Å²) in [5.74, 6) is -0.582. The van der Waals surface area contributed by atoms with E-state index in [1.165, 1.54) is 36.9 Å². The summed E-state index contributed by atoms with van der Waals surface area (Å²) in [6.07, 6.45) is 1.83. The van der Waals surface area contributed by atoms with Gasteiger partial charge in [-0.1, -0.05) is 6.07 Å². The molecule has 0 unspecified atom stereocenters. The van der Waals surface area contributed by atoms with Crippen LogP contribution in [-0.2, 0) is 9.84 Å². The molecule has 0 atom stereocenters. The minimum atomic E-state index is -3.39. The number of benzene rings is 1. The van der Waals surface area contributed by atoms with E-state index >= 15 is 0 Å². The van der Waals surface area contributed by atoms with Crippen molar-refractivity contribution in [3.05, 3.63) is 29.3 Å². The Morgan fingerprint density at radius 3 is 2.59 bits per heavy atom. The van der Waals surface area contributed by atoms with Crippen molar-refractivity contribution in [2.24, 2.45) is 0 Å². The predicted molar refractivity (Wildman–Crippen MR) is 68.6 cm³/mol. The van der Waals surface area contributed by atoms with Crippen molar-refractivity contribution in [1.82, 2.24) is 0 Å². The van der Waals surface area contributed by atoms with Gasteiger partial charge in [-0.2, -0.15) is 11.8 Å². The molecule has 0 spiro atoms. The van der Waals surface area contributed by atoms with Gasteiger partial charge in [0, 0.05) is 5.75 Å². The zero-order chi connectivity index (χ0) is 13.1. The van der Waals surface area contributed by atoms with Gasteiger partial charge >= 0.3 is 5.97 Å². The molecule has 0 aliphatic carbocycles. The molecule has 17 heavy (non-hydrogen) atoms. The number of hydrogen-bond acceptors (Lipinski definition) is 4. The standard InChI is InChI=1S/C11H14O4S2/c1-8-9(11(12)13)4-3-5-10(8)17(14,15)7-6-16-2/h3-5H,6-7H2,1-2H3,(H,12,13). The Balaban J connectivity index is 3.24. The van der Waals surface area contributed by atoms with E-state index in [1.54, 1.807) is 0 Å². The lowest BCUT2D eigenvalue weighted by Crippen LogP contribution is -2.12. The first-order chi connectivity index (χ1) is 7.90. The predicted octanol–water partition coefficient (Wildman–Crippen LogP) is 1.83. The molecule has 0 saturated heterocycles. The van der Waals surface area contributed by atoms with Gasteiger partial charge in [-0.05, 0) is 30.9 Å². The second kappa shape index (κ2) is 5.55. The van der Waals surface area contributed by atoms with E-state index in [4.69, 9.17) is 5.11 Å². The molecule has 94 valence electrons. The van der Waals surface area contributed by atoms with E-state index in [2.05, 4.69) is 0 Å². The number of thioether (sulfide) groups is 1. The van der Waals surface area contributed by atoms with Crippen LogP contribution in [0.2, 0.25) is 0 Å². The highest BCUT2D eigenvalue weighted by atomic mass is 32.2. The van der Waals surface area contributed by atoms with Crippen LogP contribution in [-0.4, -0.2) is 37.3 Å². The fourth-order valence-electron chi connectivity index (χ4n) is 1.49. The third-order valence-corrected chi connectivity index (χ3v) is 5.13. The average Bonchev–Trinajstić information content (AvgIpc) is 2.26. The van der Waals surface area contributed by atoms with E-state index in [9.17, 15) is 13.2 Å². The molecule has 0 saturated carbocycles. The Kier molecular flexibility index (Phi) is 4.59. The average molecular weight is 274 g/mol. The number of aromatic carboxylic acids is 1. The molecule has 0 amide bonds. The molecule has 0 bridgehead atoms. The van der Waals surface area contributed by atoms with E-state index in [-0.39, 0.29) is 16.2 Å². The van der Waals surface area contributed by atoms with Gasteiger partial charge in [0.15, 0.2) is 9.84 Å². The van der Waals surface area contributed by atoms with Crippen LogP contribution < -0.4 is 0 Å². The zero-order valence-electron chi connectivity index (χ0n) is 9.63. The minimum Gasteiger partial charge on any atom is -0.478 e. The van der Waals surface area contributed by atoms with Crippen LogP contribution in [0.15, 0.2) is 23.1 Å². The molecule has 6 heteroatoms. The largest absolute Gasteiger partial charge is 0.478 e. The Morgan fingerprint density at radius 1 is 1.41 bits per heavy atom. The molecule has 0 aliphatic heterocycles. The smallest absolute Gasteiger partial charge is 0.335 e. The number of sulfone groups is 1. The Labute approximate surface area is 105 Å². The number of rotatable bonds is 5. The van der Waals surface area contributed by atoms with Crippen LogP contribution in [0.25, 0.3) is 0 Å². The Bertz CT molecular complexity index is 520. The second-order valence-corrected chi connectivity index (χ2v) is 6.61. The van der Waals surface area contributed by atoms with E-state index < -0.39 is 15.8 Å². The molecule has 0 heterocycles. The molecule has 0 aromatic heterocycles. The normalized spacial score (nSPS) is 11.4. The molecule has 0 aliphatic rings. The third-order valence-electron chi connectivity index (χ3n) is 2.41. The SMILES string of the molecule is CSCCS(=O)(=O)c1cccc(C(=O)O)c1C. The quantitative estimate of drug-likeness (QED) is 0.887. The first kappa shape index (κ1) is 14.1. The maximum Gasteiger partial charge on any atom is 0.335 e. The lowest BCUT2D eigenvalue weighted by Gasteiger charge is -2.09. The van der Waals surface area contributed by atoms with Gasteiger partial charge in [-0.15, -0.1) is 0 Å². The lowest BCUT2D eigenvalue weighted by molar-refractivity contribution is 0.0696. The van der Waals surface area contributed by atoms with Crippen molar-refractivity contribution < 1.29 is 18.3 Å². The molecular formula is C11H14O4S2. The highest BCUT2D eigenvalue weighted by Gasteiger charge is 2.20. The number of carboxylic acid groups (broad SMARTS) is 1. The Hall–Kier alpha value is -1.01. The summed E-state index contributed by atoms with van der Waals surface area (Å²) in [4.78, 5) is 11.0. The van der Waals surface area contributed by atoms with Crippen LogP contribution in [0, 0.1) is 6.92 Å². The van der Waals surface area contributed by atoms with Gasteiger partial charge in [0.2, 0.25) is 0 Å². The first-order valence-electron chi connectivity index (χ1n) is 4.94. The van der Waals surface area contributed by atoms with Gasteiger partial charge in [0.1, 0.15) is 0 Å². The topological polar surface area (TPSA) is 71.4 Å². The van der Waals surface area contributed by atoms with Crippen LogP contribution in [0.3, 0.4) is 0 Å². The van der Waals surface area contributed by atoms with Crippen molar-refractivity contribution >= 4 is 27.6 Å². The molecule has 4 nitrogen and oxygen atoms in total. The highest BCUT2D eigenvalue weighted by Crippen LogP contribution is 2.20. The van der Waals surface area contributed by atoms with Gasteiger partial charge in [-0.3, -0.25) is 0 Å². The highest BCUT2D eigenvalue weighted by molar-refractivity contribution is 8.00. The summed E-state index contributed by atoms with van der Waals surface area (Å²) in [5, 5.41) is 8.93. The summed E-state index contributed by atoms with van der Waals surface area (Å²) in [7, 11) is -3.39. The molecule has 0 radical (unpaired) electrons. The molecule has 0 fully saturated rings. The van der Waals surface area contributed by atoms with E-state index in [1.807, 2.05) is 6.26 Å². The summed E-state index contributed by atoms with van der Waals surface area (Å²) in [6.45, 7) is 1.52. The van der Waals surface area contributed by atoms with E-state index in [0.717, 1.165) is 0 Å². The van der Waals surface area contributed by atoms with E-state index in [0.29, 0.717) is 11.3 Å². The monoisotopic (exact) mass is 274 g/mol. The fraction of sp³-hybridized carbons (Fsp3) is 0.364. The summed E-state index contributed by atoms with van der Waals surface area (Å²) >= 11 is 1.44. The first-order valence-corrected chi connectivity index (χ1v) is 7.99. The molecule has 1 rings (SSSR count). The Morgan fingerprint density at radius 2 is 2.06 bits per heavy atom. The van der Waals surface area contributed by atoms with Gasteiger partial charge in [0.25, 0.3) is 0 Å². The molecule has 1 N–H and O–H groups in total. The van der Waals surface area contributed by atoms with Gasteiger partial charge < -0.3 is 5.11 Å². The van der Waals surface area contributed by atoms with Crippen LogP contribution in [0.1, 0.15) is 15.9 Å². The minimum absolute atomic E-state index is 0.0259. The van der Waals surface area contributed by atoms with Gasteiger partial charge in [-0.25, -0.2) is 13.2 Å². The van der Waals surface area contributed by atoms with Crippen molar-refractivity contribution in [1.29, 1.82) is 0 Å². The second-order valence-electron chi connectivity index (χ2n) is 3.55. The maximum atomic E-state index is 12.0. The molecule has 1 aromatic carbocycles. The number of carboxylic acids is 1. The molecule has 1 aromatic rings. The maximum absolute atomic E-state index is 12.0. The molecular weight excluding hydrogens is 260 g/mol. The van der Waals surface area contributed by atoms with Crippen LogP contribution in [0.5, 0.6) is 0 Å². The zero-order valence-corrected chi connectivity index (χ0v) is 11.3. The van der Waals surface area contributed by atoms with Crippen LogP contribution >= 0.6 is 11.8 Å². The fourth-order valence-corrected chi connectivity index (χ4v) is 4.11. The van der Waals surface area contributed by atoms with Crippen molar-refractivity contribution in [2.75, 3.05) is 17.8 Å². The summed E-state index contributed by atoms with van der Waals surface area (Å²) < 4.78 is 24.0. The summed E-state index contributed by atoms with van der Waals surface area (Å²) in [6, 6.07) is 4.32. The van der Waals surface area contributed by atoms with Gasteiger partial charge in [0.05, 0.1) is 16.2 Å². The number of carbonyl (C=O) groups is 1.